The number of piperazine rings is 1. The van der Waals surface area contributed by atoms with Crippen LogP contribution in [0.15, 0.2) is 42.5 Å². The number of hydrogen-bond acceptors (Lipinski definition) is 5. The van der Waals surface area contributed by atoms with Gasteiger partial charge in [0.1, 0.15) is 5.75 Å². The van der Waals surface area contributed by atoms with Crippen LogP contribution < -0.4 is 9.64 Å². The van der Waals surface area contributed by atoms with Gasteiger partial charge in [0.25, 0.3) is 0 Å². The Morgan fingerprint density at radius 3 is 2.50 bits per heavy atom. The van der Waals surface area contributed by atoms with Crippen molar-refractivity contribution in [3.8, 4) is 5.75 Å². The molecule has 1 saturated heterocycles. The molecule has 0 spiro atoms. The van der Waals surface area contributed by atoms with Crippen molar-refractivity contribution in [2.24, 2.45) is 0 Å². The number of rotatable bonds is 7. The number of methoxy groups -OCH3 is 1. The summed E-state index contributed by atoms with van der Waals surface area (Å²) in [4.78, 5) is 7.27. The predicted octanol–water partition coefficient (Wildman–Crippen LogP) is 3.58. The summed E-state index contributed by atoms with van der Waals surface area (Å²) in [6.45, 7) is 7.29. The monoisotopic (exact) mass is 409 g/mol. The van der Waals surface area contributed by atoms with Gasteiger partial charge in [-0.2, -0.15) is 0 Å². The molecule has 0 saturated carbocycles. The van der Waals surface area contributed by atoms with E-state index in [-0.39, 0.29) is 6.10 Å². The zero-order chi connectivity index (χ0) is 20.9. The first-order chi connectivity index (χ1) is 14.6. The summed E-state index contributed by atoms with van der Waals surface area (Å²) in [6, 6.07) is 15.4. The van der Waals surface area contributed by atoms with Crippen LogP contribution in [0, 0.1) is 0 Å². The van der Waals surface area contributed by atoms with Crippen molar-refractivity contribution in [3.05, 3.63) is 59.2 Å². The second-order valence-corrected chi connectivity index (χ2v) is 8.70. The minimum absolute atomic E-state index is 0.238. The summed E-state index contributed by atoms with van der Waals surface area (Å²) in [5.41, 5.74) is 5.57. The van der Waals surface area contributed by atoms with Crippen molar-refractivity contribution in [1.82, 2.24) is 9.80 Å². The lowest BCUT2D eigenvalue weighted by Gasteiger charge is -2.37. The van der Waals surface area contributed by atoms with E-state index in [0.717, 1.165) is 64.5 Å². The minimum Gasteiger partial charge on any atom is -0.497 e. The second kappa shape index (κ2) is 9.82. The number of hydrogen-bond donors (Lipinski definition) is 0. The Balaban J connectivity index is 1.29. The topological polar surface area (TPSA) is 28.2 Å². The van der Waals surface area contributed by atoms with Gasteiger partial charge in [-0.25, -0.2) is 0 Å². The third-order valence-electron chi connectivity index (χ3n) is 6.26. The van der Waals surface area contributed by atoms with Crippen molar-refractivity contribution in [1.29, 1.82) is 0 Å². The number of fused-ring (bicyclic) bond motifs is 1. The summed E-state index contributed by atoms with van der Waals surface area (Å²) in [6.07, 6.45) is 2.35. The van der Waals surface area contributed by atoms with Crippen molar-refractivity contribution >= 4 is 5.69 Å². The van der Waals surface area contributed by atoms with Gasteiger partial charge in [-0.3, -0.25) is 4.90 Å². The van der Waals surface area contributed by atoms with Crippen LogP contribution >= 0.6 is 0 Å². The SMILES string of the molecule is COc1ccc(N2CCN(CCC3OCCc4cc(CN(C)C)ccc43)CC2)cc1. The maximum atomic E-state index is 6.17. The molecule has 2 aliphatic heterocycles. The van der Waals surface area contributed by atoms with E-state index < -0.39 is 0 Å². The summed E-state index contributed by atoms with van der Waals surface area (Å²) in [7, 11) is 5.96. The molecule has 30 heavy (non-hydrogen) atoms. The molecule has 1 unspecified atom stereocenters. The highest BCUT2D eigenvalue weighted by molar-refractivity contribution is 5.49. The molecule has 0 aliphatic carbocycles. The molecule has 5 nitrogen and oxygen atoms in total. The molecule has 0 aromatic heterocycles. The standard InChI is InChI=1S/C25H35N3O2/c1-26(2)19-20-4-9-24-21(18-20)11-17-30-25(24)10-12-27-13-15-28(16-14-27)22-5-7-23(29-3)8-6-22/h4-9,18,25H,10-17,19H2,1-3H3. The van der Waals surface area contributed by atoms with E-state index in [1.54, 1.807) is 7.11 Å². The van der Waals surface area contributed by atoms with E-state index in [4.69, 9.17) is 9.47 Å². The van der Waals surface area contributed by atoms with E-state index in [0.29, 0.717) is 0 Å². The average Bonchev–Trinajstić information content (AvgIpc) is 2.77. The Morgan fingerprint density at radius 2 is 1.80 bits per heavy atom. The molecule has 162 valence electrons. The van der Waals surface area contributed by atoms with Crippen LogP contribution in [0.1, 0.15) is 29.2 Å². The normalized spacial score (nSPS) is 19.7. The summed E-state index contributed by atoms with van der Waals surface area (Å²) in [5.74, 6) is 0.916. The lowest BCUT2D eigenvalue weighted by Crippen LogP contribution is -2.46. The molecule has 1 fully saturated rings. The highest BCUT2D eigenvalue weighted by Gasteiger charge is 2.23. The summed E-state index contributed by atoms with van der Waals surface area (Å²) in [5, 5.41) is 0. The second-order valence-electron chi connectivity index (χ2n) is 8.70. The third kappa shape index (κ3) is 5.15. The highest BCUT2D eigenvalue weighted by atomic mass is 16.5. The molecular weight excluding hydrogens is 374 g/mol. The van der Waals surface area contributed by atoms with Crippen LogP contribution in [0.4, 0.5) is 5.69 Å². The van der Waals surface area contributed by atoms with Crippen LogP contribution in [0.2, 0.25) is 0 Å². The number of anilines is 1. The molecule has 1 atom stereocenters. The Kier molecular flexibility index (Phi) is 6.93. The van der Waals surface area contributed by atoms with E-state index in [1.165, 1.54) is 22.4 Å². The highest BCUT2D eigenvalue weighted by Crippen LogP contribution is 2.31. The lowest BCUT2D eigenvalue weighted by atomic mass is 9.93. The lowest BCUT2D eigenvalue weighted by molar-refractivity contribution is 0.0289. The molecule has 0 amide bonds. The predicted molar refractivity (Wildman–Crippen MR) is 122 cm³/mol. The Labute approximate surface area is 181 Å². The van der Waals surface area contributed by atoms with Crippen LogP contribution in [-0.2, 0) is 17.7 Å². The zero-order valence-electron chi connectivity index (χ0n) is 18.6. The maximum Gasteiger partial charge on any atom is 0.119 e. The fourth-order valence-electron chi connectivity index (χ4n) is 4.62. The van der Waals surface area contributed by atoms with Crippen LogP contribution in [-0.4, -0.2) is 70.3 Å². The van der Waals surface area contributed by atoms with Crippen LogP contribution in [0.3, 0.4) is 0 Å². The summed E-state index contributed by atoms with van der Waals surface area (Å²) < 4.78 is 11.4. The van der Waals surface area contributed by atoms with Gasteiger partial charge in [-0.15, -0.1) is 0 Å². The molecule has 0 bridgehead atoms. The molecule has 2 heterocycles. The smallest absolute Gasteiger partial charge is 0.119 e. The summed E-state index contributed by atoms with van der Waals surface area (Å²) >= 11 is 0. The molecule has 2 aromatic carbocycles. The van der Waals surface area contributed by atoms with Gasteiger partial charge < -0.3 is 19.3 Å². The number of ether oxygens (including phenoxy) is 2. The van der Waals surface area contributed by atoms with E-state index in [2.05, 4.69) is 59.1 Å². The molecular formula is C25H35N3O2. The van der Waals surface area contributed by atoms with Gasteiger partial charge in [0, 0.05) is 45.0 Å². The van der Waals surface area contributed by atoms with E-state index >= 15 is 0 Å². The quantitative estimate of drug-likeness (QED) is 0.697. The van der Waals surface area contributed by atoms with E-state index in [9.17, 15) is 0 Å². The number of benzene rings is 2. The molecule has 4 rings (SSSR count). The van der Waals surface area contributed by atoms with Gasteiger partial charge in [-0.05, 0) is 67.9 Å². The van der Waals surface area contributed by atoms with E-state index in [1.807, 2.05) is 12.1 Å². The van der Waals surface area contributed by atoms with Gasteiger partial charge in [0.2, 0.25) is 0 Å². The Morgan fingerprint density at radius 1 is 1.03 bits per heavy atom. The molecule has 5 heteroatoms. The average molecular weight is 410 g/mol. The van der Waals surface area contributed by atoms with Crippen molar-refractivity contribution in [2.45, 2.75) is 25.5 Å². The fraction of sp³-hybridized carbons (Fsp3) is 0.520. The molecule has 0 radical (unpaired) electrons. The van der Waals surface area contributed by atoms with Gasteiger partial charge in [0.15, 0.2) is 0 Å². The van der Waals surface area contributed by atoms with Crippen molar-refractivity contribution in [3.63, 3.8) is 0 Å². The van der Waals surface area contributed by atoms with Crippen LogP contribution in [0.5, 0.6) is 5.75 Å². The van der Waals surface area contributed by atoms with Gasteiger partial charge in [0.05, 0.1) is 19.8 Å². The van der Waals surface area contributed by atoms with Gasteiger partial charge >= 0.3 is 0 Å². The van der Waals surface area contributed by atoms with Crippen molar-refractivity contribution in [2.75, 3.05) is 65.4 Å². The fourth-order valence-corrected chi connectivity index (χ4v) is 4.62. The van der Waals surface area contributed by atoms with Gasteiger partial charge in [-0.1, -0.05) is 18.2 Å². The maximum absolute atomic E-state index is 6.17. The van der Waals surface area contributed by atoms with Crippen molar-refractivity contribution < 1.29 is 9.47 Å². The first-order valence-electron chi connectivity index (χ1n) is 11.1. The first-order valence-corrected chi connectivity index (χ1v) is 11.1. The molecule has 2 aromatic rings. The molecule has 0 N–H and O–H groups in total. The Hall–Kier alpha value is -2.08. The third-order valence-corrected chi connectivity index (χ3v) is 6.26. The zero-order valence-corrected chi connectivity index (χ0v) is 18.6. The first kappa shape index (κ1) is 21.2. The minimum atomic E-state index is 0.238. The van der Waals surface area contributed by atoms with Crippen LogP contribution in [0.25, 0.3) is 0 Å². The molecule has 2 aliphatic rings. The Bertz CT molecular complexity index is 814. The number of nitrogens with zero attached hydrogens (tertiary/aromatic N) is 3. The largest absolute Gasteiger partial charge is 0.497 e.